The predicted octanol–water partition coefficient (Wildman–Crippen LogP) is 2.13. The van der Waals surface area contributed by atoms with Crippen molar-refractivity contribution in [2.75, 3.05) is 33.5 Å². The van der Waals surface area contributed by atoms with Crippen molar-refractivity contribution in [2.24, 2.45) is 0 Å². The number of esters is 1. The van der Waals surface area contributed by atoms with E-state index in [0.717, 1.165) is 6.08 Å². The normalized spacial score (nSPS) is 10.6. The first-order chi connectivity index (χ1) is 12.8. The molecular formula is C19H25NO7. The molecule has 1 amide bonds. The lowest BCUT2D eigenvalue weighted by Gasteiger charge is -2.21. The maximum Gasteiger partial charge on any atom is 0.407 e. The quantitative estimate of drug-likeness (QED) is 0.272. The van der Waals surface area contributed by atoms with Crippen molar-refractivity contribution in [3.8, 4) is 5.75 Å². The Morgan fingerprint density at radius 2 is 1.74 bits per heavy atom. The van der Waals surface area contributed by atoms with Crippen molar-refractivity contribution >= 4 is 17.8 Å². The minimum atomic E-state index is -0.895. The van der Waals surface area contributed by atoms with E-state index in [-0.39, 0.29) is 32.1 Å². The van der Waals surface area contributed by atoms with Crippen molar-refractivity contribution in [3.05, 3.63) is 42.5 Å². The summed E-state index contributed by atoms with van der Waals surface area (Å²) in [4.78, 5) is 34.5. The molecule has 0 unspecified atom stereocenters. The molecule has 0 aliphatic rings. The summed E-state index contributed by atoms with van der Waals surface area (Å²) in [6.07, 6.45) is 0.396. The van der Waals surface area contributed by atoms with E-state index in [0.29, 0.717) is 11.3 Å². The average Bonchev–Trinajstić information content (AvgIpc) is 2.68. The number of alkyl carbamates (subject to hydrolysis) is 1. The van der Waals surface area contributed by atoms with Crippen molar-refractivity contribution in [1.29, 1.82) is 0 Å². The molecule has 27 heavy (non-hydrogen) atoms. The van der Waals surface area contributed by atoms with Gasteiger partial charge in [0.1, 0.15) is 31.2 Å². The van der Waals surface area contributed by atoms with Crippen LogP contribution in [0.1, 0.15) is 24.2 Å². The molecule has 8 nitrogen and oxygen atoms in total. The highest BCUT2D eigenvalue weighted by atomic mass is 16.6. The van der Waals surface area contributed by atoms with Gasteiger partial charge in [-0.2, -0.15) is 0 Å². The lowest BCUT2D eigenvalue weighted by Crippen LogP contribution is -2.33. The number of hydrogen-bond donors (Lipinski definition) is 1. The molecule has 0 aromatic heterocycles. The van der Waals surface area contributed by atoms with Gasteiger partial charge < -0.3 is 24.3 Å². The number of nitrogens with one attached hydrogen (secondary N) is 1. The summed E-state index contributed by atoms with van der Waals surface area (Å²) in [7, 11) is 1.49. The Morgan fingerprint density at radius 3 is 2.33 bits per heavy atom. The second-order valence-electron chi connectivity index (χ2n) is 5.85. The summed E-state index contributed by atoms with van der Waals surface area (Å²) in [6, 6.07) is 6.62. The summed E-state index contributed by atoms with van der Waals surface area (Å²) in [5, 5.41) is 2.42. The van der Waals surface area contributed by atoms with Gasteiger partial charge in [0.05, 0.1) is 6.54 Å². The number of rotatable bonds is 11. The minimum Gasteiger partial charge on any atom is -0.490 e. The number of methoxy groups -OCH3 is 1. The molecule has 0 aliphatic heterocycles. The van der Waals surface area contributed by atoms with E-state index >= 15 is 0 Å². The van der Waals surface area contributed by atoms with Gasteiger partial charge in [-0.3, -0.25) is 4.79 Å². The van der Waals surface area contributed by atoms with Crippen LogP contribution in [0.4, 0.5) is 4.79 Å². The van der Waals surface area contributed by atoms with Gasteiger partial charge in [-0.1, -0.05) is 6.58 Å². The molecule has 8 heteroatoms. The molecule has 0 saturated carbocycles. The number of benzene rings is 1. The number of amides is 1. The number of ether oxygens (including phenoxy) is 4. The fraction of sp³-hybridized carbons (Fsp3) is 0.421. The molecule has 0 aliphatic carbocycles. The van der Waals surface area contributed by atoms with Crippen molar-refractivity contribution in [3.63, 3.8) is 0 Å². The smallest absolute Gasteiger partial charge is 0.407 e. The topological polar surface area (TPSA) is 100 Å². The molecule has 0 saturated heterocycles. The molecule has 1 rings (SSSR count). The van der Waals surface area contributed by atoms with Gasteiger partial charge >= 0.3 is 12.1 Å². The van der Waals surface area contributed by atoms with Crippen LogP contribution in [0.25, 0.3) is 0 Å². The molecule has 1 aromatic carbocycles. The van der Waals surface area contributed by atoms with E-state index in [1.807, 2.05) is 0 Å². The van der Waals surface area contributed by atoms with Gasteiger partial charge in [0.2, 0.25) is 0 Å². The van der Waals surface area contributed by atoms with Gasteiger partial charge in [-0.25, -0.2) is 9.59 Å². The standard InChI is InChI=1S/C19H25NO7/c1-5-16(21)26-11-10-20-18(23)27-13-12-25-15-8-6-14(7-9-15)17(22)19(2,3)24-4/h5-9H,1,10-13H2,2-4H3,(H,20,23). The van der Waals surface area contributed by atoms with Crippen molar-refractivity contribution in [2.45, 2.75) is 19.4 Å². The Balaban J connectivity index is 2.27. The van der Waals surface area contributed by atoms with Crippen molar-refractivity contribution in [1.82, 2.24) is 5.32 Å². The Labute approximate surface area is 158 Å². The maximum absolute atomic E-state index is 12.2. The second-order valence-corrected chi connectivity index (χ2v) is 5.85. The molecule has 0 fully saturated rings. The third-order valence-corrected chi connectivity index (χ3v) is 3.54. The first-order valence-electron chi connectivity index (χ1n) is 8.32. The van der Waals surface area contributed by atoms with E-state index in [2.05, 4.69) is 11.9 Å². The van der Waals surface area contributed by atoms with Gasteiger partial charge in [0.25, 0.3) is 0 Å². The van der Waals surface area contributed by atoms with Crippen LogP contribution in [0.15, 0.2) is 36.9 Å². The molecular weight excluding hydrogens is 354 g/mol. The SMILES string of the molecule is C=CC(=O)OCCNC(=O)OCCOc1ccc(C(=O)C(C)(C)OC)cc1. The summed E-state index contributed by atoms with van der Waals surface area (Å²) < 4.78 is 20.2. The maximum atomic E-state index is 12.2. The van der Waals surface area contributed by atoms with Crippen LogP contribution < -0.4 is 10.1 Å². The number of hydrogen-bond acceptors (Lipinski definition) is 7. The molecule has 0 heterocycles. The first kappa shape index (κ1) is 22.2. The van der Waals surface area contributed by atoms with E-state index < -0.39 is 17.7 Å². The van der Waals surface area contributed by atoms with E-state index in [9.17, 15) is 14.4 Å². The van der Waals surface area contributed by atoms with E-state index in [1.165, 1.54) is 7.11 Å². The van der Waals surface area contributed by atoms with Crippen LogP contribution in [0.2, 0.25) is 0 Å². The highest BCUT2D eigenvalue weighted by Crippen LogP contribution is 2.19. The van der Waals surface area contributed by atoms with Crippen LogP contribution >= 0.6 is 0 Å². The Hall–Kier alpha value is -2.87. The predicted molar refractivity (Wildman–Crippen MR) is 97.9 cm³/mol. The monoisotopic (exact) mass is 379 g/mol. The average molecular weight is 379 g/mol. The van der Waals surface area contributed by atoms with E-state index in [4.69, 9.17) is 18.9 Å². The van der Waals surface area contributed by atoms with Crippen LogP contribution in [0.5, 0.6) is 5.75 Å². The largest absolute Gasteiger partial charge is 0.490 e. The summed E-state index contributed by atoms with van der Waals surface area (Å²) in [5.41, 5.74) is -0.380. The number of carbonyl (C=O) groups excluding carboxylic acids is 3. The van der Waals surface area contributed by atoms with Crippen LogP contribution in [0.3, 0.4) is 0 Å². The van der Waals surface area contributed by atoms with Gasteiger partial charge in [-0.15, -0.1) is 0 Å². The summed E-state index contributed by atoms with van der Waals surface area (Å²) in [6.45, 7) is 7.00. The zero-order valence-electron chi connectivity index (χ0n) is 15.8. The zero-order chi connectivity index (χ0) is 20.3. The number of ketones is 1. The lowest BCUT2D eigenvalue weighted by molar-refractivity contribution is -0.137. The van der Waals surface area contributed by atoms with Gasteiger partial charge in [0.15, 0.2) is 5.78 Å². The Kier molecular flexibility index (Phi) is 9.01. The van der Waals surface area contributed by atoms with Gasteiger partial charge in [-0.05, 0) is 38.1 Å². The molecule has 0 bridgehead atoms. The zero-order valence-corrected chi connectivity index (χ0v) is 15.8. The fourth-order valence-electron chi connectivity index (χ4n) is 1.85. The third kappa shape index (κ3) is 7.91. The molecule has 1 N–H and O–H groups in total. The third-order valence-electron chi connectivity index (χ3n) is 3.54. The van der Waals surface area contributed by atoms with Gasteiger partial charge in [0, 0.05) is 18.7 Å². The number of Topliss-reactive ketones (excluding diaryl/α,β-unsaturated/α-hetero) is 1. The molecule has 148 valence electrons. The Bertz CT molecular complexity index is 653. The highest BCUT2D eigenvalue weighted by molar-refractivity contribution is 6.02. The second kappa shape index (κ2) is 11.0. The summed E-state index contributed by atoms with van der Waals surface area (Å²) in [5.74, 6) is -0.144. The van der Waals surface area contributed by atoms with Crippen LogP contribution in [0, 0.1) is 0 Å². The van der Waals surface area contributed by atoms with Crippen LogP contribution in [-0.4, -0.2) is 56.9 Å². The minimum absolute atomic E-state index is 0.0292. The first-order valence-corrected chi connectivity index (χ1v) is 8.32. The molecule has 0 radical (unpaired) electrons. The van der Waals surface area contributed by atoms with E-state index in [1.54, 1.807) is 38.1 Å². The highest BCUT2D eigenvalue weighted by Gasteiger charge is 2.27. The Morgan fingerprint density at radius 1 is 1.07 bits per heavy atom. The molecule has 1 aromatic rings. The molecule has 0 atom stereocenters. The summed E-state index contributed by atoms with van der Waals surface area (Å²) >= 11 is 0. The van der Waals surface area contributed by atoms with Crippen molar-refractivity contribution < 1.29 is 33.3 Å². The van der Waals surface area contributed by atoms with Crippen LogP contribution in [-0.2, 0) is 19.0 Å². The lowest BCUT2D eigenvalue weighted by atomic mass is 9.96. The molecule has 0 spiro atoms. The number of carbonyl (C=O) groups is 3. The fourth-order valence-corrected chi connectivity index (χ4v) is 1.85.